The molecule has 2 aromatic rings. The number of nitrogens with zero attached hydrogens (tertiary/aromatic N) is 3. The third kappa shape index (κ3) is 5.70. The number of nitro groups is 1. The Kier molecular flexibility index (Phi) is 7.78. The molecule has 0 fully saturated rings. The highest BCUT2D eigenvalue weighted by Crippen LogP contribution is 2.29. The molecule has 2 rings (SSSR count). The minimum atomic E-state index is -3.85. The van der Waals surface area contributed by atoms with Crippen molar-refractivity contribution in [3.05, 3.63) is 58.1 Å². The Bertz CT molecular complexity index is 1010. The van der Waals surface area contributed by atoms with Crippen molar-refractivity contribution in [3.8, 4) is 5.75 Å². The van der Waals surface area contributed by atoms with Crippen molar-refractivity contribution in [2.45, 2.75) is 25.4 Å². The minimum Gasteiger partial charge on any atom is -0.435 e. The van der Waals surface area contributed by atoms with Gasteiger partial charge in [-0.1, -0.05) is 13.8 Å². The Labute approximate surface area is 172 Å². The summed E-state index contributed by atoms with van der Waals surface area (Å²) in [5.74, 6) is -0.0178. The first kappa shape index (κ1) is 23.2. The molecular formula is C18H20F2N4O5S. The number of hydrogen-bond acceptors (Lipinski definition) is 7. The Balaban J connectivity index is 2.22. The van der Waals surface area contributed by atoms with Crippen LogP contribution in [-0.2, 0) is 10.0 Å². The van der Waals surface area contributed by atoms with Crippen LogP contribution in [0, 0.1) is 10.1 Å². The van der Waals surface area contributed by atoms with Crippen molar-refractivity contribution in [1.82, 2.24) is 4.31 Å². The second-order valence-corrected chi connectivity index (χ2v) is 7.78. The summed E-state index contributed by atoms with van der Waals surface area (Å²) in [6.45, 7) is 0.884. The van der Waals surface area contributed by atoms with Crippen LogP contribution in [0.3, 0.4) is 0 Å². The first-order valence-electron chi connectivity index (χ1n) is 8.81. The summed E-state index contributed by atoms with van der Waals surface area (Å²) in [5.41, 5.74) is 2.55. The Morgan fingerprint density at radius 1 is 1.20 bits per heavy atom. The van der Waals surface area contributed by atoms with Gasteiger partial charge in [0, 0.05) is 19.2 Å². The van der Waals surface area contributed by atoms with Gasteiger partial charge in [0.05, 0.1) is 16.0 Å². The number of sulfonamides is 1. The van der Waals surface area contributed by atoms with Gasteiger partial charge in [-0.2, -0.15) is 18.2 Å². The molecule has 30 heavy (non-hydrogen) atoms. The largest absolute Gasteiger partial charge is 0.435 e. The highest BCUT2D eigenvalue weighted by Gasteiger charge is 2.25. The average Bonchev–Trinajstić information content (AvgIpc) is 2.69. The SMILES string of the molecule is CCN(CC)S(=O)(=O)c1ccc(N/N=C/c2ccc(OC(F)F)cc2)c([N+](=O)[O-])c1. The van der Waals surface area contributed by atoms with E-state index in [-0.39, 0.29) is 29.4 Å². The summed E-state index contributed by atoms with van der Waals surface area (Å²) >= 11 is 0. The first-order chi connectivity index (χ1) is 14.2. The van der Waals surface area contributed by atoms with Crippen molar-refractivity contribution < 1.29 is 26.9 Å². The summed E-state index contributed by atoms with van der Waals surface area (Å²) in [6.07, 6.45) is 1.32. The topological polar surface area (TPSA) is 114 Å². The number of benzene rings is 2. The maximum Gasteiger partial charge on any atom is 0.387 e. The zero-order valence-electron chi connectivity index (χ0n) is 16.2. The smallest absolute Gasteiger partial charge is 0.387 e. The highest BCUT2D eigenvalue weighted by molar-refractivity contribution is 7.89. The molecule has 162 valence electrons. The van der Waals surface area contributed by atoms with E-state index >= 15 is 0 Å². The number of nitro benzene ring substituents is 1. The van der Waals surface area contributed by atoms with Crippen LogP contribution in [-0.4, -0.2) is 43.6 Å². The second-order valence-electron chi connectivity index (χ2n) is 5.84. The van der Waals surface area contributed by atoms with E-state index in [4.69, 9.17) is 0 Å². The van der Waals surface area contributed by atoms with Gasteiger partial charge in [0.25, 0.3) is 5.69 Å². The lowest BCUT2D eigenvalue weighted by molar-refractivity contribution is -0.384. The normalized spacial score (nSPS) is 11.9. The zero-order chi connectivity index (χ0) is 22.3. The zero-order valence-corrected chi connectivity index (χ0v) is 17.0. The van der Waals surface area contributed by atoms with Gasteiger partial charge in [-0.15, -0.1) is 0 Å². The van der Waals surface area contributed by atoms with Gasteiger partial charge in [0.15, 0.2) is 0 Å². The number of rotatable bonds is 10. The van der Waals surface area contributed by atoms with Crippen molar-refractivity contribution in [2.24, 2.45) is 5.10 Å². The molecule has 0 aromatic heterocycles. The summed E-state index contributed by atoms with van der Waals surface area (Å²) in [5, 5.41) is 15.3. The number of halogens is 2. The monoisotopic (exact) mass is 442 g/mol. The fourth-order valence-corrected chi connectivity index (χ4v) is 4.02. The third-order valence-corrected chi connectivity index (χ3v) is 6.06. The molecule has 12 heteroatoms. The van der Waals surface area contributed by atoms with Crippen LogP contribution in [0.4, 0.5) is 20.2 Å². The lowest BCUT2D eigenvalue weighted by atomic mass is 10.2. The lowest BCUT2D eigenvalue weighted by Crippen LogP contribution is -2.30. The summed E-state index contributed by atoms with van der Waals surface area (Å²) in [6, 6.07) is 9.07. The predicted octanol–water partition coefficient (Wildman–Crippen LogP) is 3.67. The number of nitrogens with one attached hydrogen (secondary N) is 1. The fraction of sp³-hybridized carbons (Fsp3) is 0.278. The van der Waals surface area contributed by atoms with Crippen molar-refractivity contribution >= 4 is 27.6 Å². The lowest BCUT2D eigenvalue weighted by Gasteiger charge is -2.18. The maximum absolute atomic E-state index is 12.6. The number of hydrogen-bond donors (Lipinski definition) is 1. The molecule has 0 spiro atoms. The standard InChI is InChI=1S/C18H20F2N4O5S/c1-3-23(4-2)30(27,28)15-9-10-16(17(11-15)24(25)26)22-21-12-13-5-7-14(8-6-13)29-18(19)20/h5-12,18,22H,3-4H2,1-2H3/b21-12+. The van der Waals surface area contributed by atoms with E-state index in [9.17, 15) is 27.3 Å². The molecule has 9 nitrogen and oxygen atoms in total. The summed E-state index contributed by atoms with van der Waals surface area (Å²) < 4.78 is 54.9. The van der Waals surface area contributed by atoms with Gasteiger partial charge in [0.1, 0.15) is 11.4 Å². The van der Waals surface area contributed by atoms with E-state index in [2.05, 4.69) is 15.3 Å². The quantitative estimate of drug-likeness (QED) is 0.341. The van der Waals surface area contributed by atoms with Gasteiger partial charge < -0.3 is 4.74 Å². The number of anilines is 1. The van der Waals surface area contributed by atoms with Crippen LogP contribution in [0.5, 0.6) is 5.75 Å². The van der Waals surface area contributed by atoms with Crippen LogP contribution in [0.1, 0.15) is 19.4 Å². The molecule has 2 aromatic carbocycles. The van der Waals surface area contributed by atoms with E-state index in [1.807, 2.05) is 0 Å². The summed E-state index contributed by atoms with van der Waals surface area (Å²) in [7, 11) is -3.85. The van der Waals surface area contributed by atoms with Crippen LogP contribution in [0.25, 0.3) is 0 Å². The summed E-state index contributed by atoms with van der Waals surface area (Å²) in [4.78, 5) is 10.5. The van der Waals surface area contributed by atoms with Gasteiger partial charge >= 0.3 is 6.61 Å². The molecular weight excluding hydrogens is 422 g/mol. The average molecular weight is 442 g/mol. The molecule has 0 unspecified atom stereocenters. The molecule has 1 N–H and O–H groups in total. The highest BCUT2D eigenvalue weighted by atomic mass is 32.2. The Morgan fingerprint density at radius 2 is 1.83 bits per heavy atom. The van der Waals surface area contributed by atoms with Crippen molar-refractivity contribution in [3.63, 3.8) is 0 Å². The number of hydrazone groups is 1. The van der Waals surface area contributed by atoms with Crippen molar-refractivity contribution in [2.75, 3.05) is 18.5 Å². The molecule has 0 aliphatic rings. The fourth-order valence-electron chi connectivity index (χ4n) is 2.54. The van der Waals surface area contributed by atoms with E-state index in [0.717, 1.165) is 6.07 Å². The maximum atomic E-state index is 12.6. The second kappa shape index (κ2) is 10.1. The van der Waals surface area contributed by atoms with Crippen molar-refractivity contribution in [1.29, 1.82) is 0 Å². The van der Waals surface area contributed by atoms with E-state index < -0.39 is 27.2 Å². The molecule has 0 saturated carbocycles. The third-order valence-electron chi connectivity index (χ3n) is 4.01. The van der Waals surface area contributed by atoms with Gasteiger partial charge in [0.2, 0.25) is 10.0 Å². The molecule has 0 heterocycles. The van der Waals surface area contributed by atoms with Crippen LogP contribution in [0.15, 0.2) is 52.5 Å². The van der Waals surface area contributed by atoms with Gasteiger partial charge in [-0.3, -0.25) is 15.5 Å². The minimum absolute atomic E-state index is 0.00704. The van der Waals surface area contributed by atoms with Crippen LogP contribution in [0.2, 0.25) is 0 Å². The van der Waals surface area contributed by atoms with E-state index in [1.165, 1.54) is 46.9 Å². The predicted molar refractivity (Wildman–Crippen MR) is 107 cm³/mol. The Morgan fingerprint density at radius 3 is 2.37 bits per heavy atom. The van der Waals surface area contributed by atoms with Gasteiger partial charge in [-0.25, -0.2) is 8.42 Å². The molecule has 0 radical (unpaired) electrons. The molecule has 0 amide bonds. The number of alkyl halides is 2. The van der Waals surface area contributed by atoms with Gasteiger partial charge in [-0.05, 0) is 42.0 Å². The number of ether oxygens (including phenoxy) is 1. The van der Waals surface area contributed by atoms with Crippen LogP contribution >= 0.6 is 0 Å². The molecule has 0 saturated heterocycles. The molecule has 0 atom stereocenters. The first-order valence-corrected chi connectivity index (χ1v) is 10.3. The molecule has 0 aliphatic heterocycles. The van der Waals surface area contributed by atoms with E-state index in [1.54, 1.807) is 13.8 Å². The molecule has 0 aliphatic carbocycles. The van der Waals surface area contributed by atoms with E-state index in [0.29, 0.717) is 5.56 Å². The Hall–Kier alpha value is -3.12. The molecule has 0 bridgehead atoms. The van der Waals surface area contributed by atoms with Crippen LogP contribution < -0.4 is 10.2 Å².